The van der Waals surface area contributed by atoms with Gasteiger partial charge in [0.05, 0.1) is 34.7 Å². The van der Waals surface area contributed by atoms with E-state index in [9.17, 15) is 16.8 Å². The van der Waals surface area contributed by atoms with Crippen molar-refractivity contribution in [3.8, 4) is 23.0 Å². The van der Waals surface area contributed by atoms with Crippen LogP contribution in [0.15, 0.2) is 94.7 Å². The van der Waals surface area contributed by atoms with Crippen molar-refractivity contribution in [1.29, 1.82) is 0 Å². The molecule has 0 aliphatic carbocycles. The Morgan fingerprint density at radius 2 is 1.23 bits per heavy atom. The van der Waals surface area contributed by atoms with Gasteiger partial charge in [0.1, 0.15) is 5.75 Å². The molecule has 0 radical (unpaired) electrons. The van der Waals surface area contributed by atoms with Gasteiger partial charge in [-0.15, -0.1) is 0 Å². The third-order valence-corrected chi connectivity index (χ3v) is 8.62. The van der Waals surface area contributed by atoms with Gasteiger partial charge >= 0.3 is 0 Å². The van der Waals surface area contributed by atoms with Crippen molar-refractivity contribution >= 4 is 54.6 Å². The molecule has 0 saturated heterocycles. The first-order valence-electron chi connectivity index (χ1n) is 11.1. The van der Waals surface area contributed by atoms with Gasteiger partial charge in [-0.2, -0.15) is 0 Å². The first-order chi connectivity index (χ1) is 18.5. The van der Waals surface area contributed by atoms with E-state index >= 15 is 0 Å². The van der Waals surface area contributed by atoms with Gasteiger partial charge in [-0.1, -0.05) is 35.3 Å². The van der Waals surface area contributed by atoms with Gasteiger partial charge in [-0.3, -0.25) is 9.44 Å². The summed E-state index contributed by atoms with van der Waals surface area (Å²) in [6.45, 7) is 0. The van der Waals surface area contributed by atoms with E-state index < -0.39 is 20.0 Å². The lowest BCUT2D eigenvalue weighted by molar-refractivity contribution is 0.354. The van der Waals surface area contributed by atoms with Gasteiger partial charge in [0.2, 0.25) is 0 Å². The van der Waals surface area contributed by atoms with Crippen molar-refractivity contribution < 1.29 is 31.0 Å². The maximum absolute atomic E-state index is 13.1. The van der Waals surface area contributed by atoms with Crippen LogP contribution in [0.2, 0.25) is 10.0 Å². The summed E-state index contributed by atoms with van der Waals surface area (Å²) in [7, 11) is -5.23. The average Bonchev–Trinajstić information content (AvgIpc) is 2.90. The lowest BCUT2D eigenvalue weighted by Crippen LogP contribution is -2.15. The van der Waals surface area contributed by atoms with Gasteiger partial charge in [-0.25, -0.2) is 16.8 Å². The molecule has 4 rings (SSSR count). The van der Waals surface area contributed by atoms with Crippen LogP contribution in [0.3, 0.4) is 0 Å². The molecule has 9 nitrogen and oxygen atoms in total. The van der Waals surface area contributed by atoms with Crippen LogP contribution in [0.5, 0.6) is 23.0 Å². The number of hydrogen-bond donors (Lipinski definition) is 2. The highest BCUT2D eigenvalue weighted by Crippen LogP contribution is 2.36. The summed E-state index contributed by atoms with van der Waals surface area (Å²) in [6, 6.07) is 20.5. The Morgan fingerprint density at radius 1 is 0.615 bits per heavy atom. The molecular formula is C26H22Cl2N2O7S2. The van der Waals surface area contributed by atoms with E-state index in [0.717, 1.165) is 0 Å². The fraction of sp³-hybridized carbons (Fsp3) is 0.0769. The van der Waals surface area contributed by atoms with Crippen molar-refractivity contribution in [2.75, 3.05) is 23.7 Å². The van der Waals surface area contributed by atoms with Crippen LogP contribution in [-0.2, 0) is 20.0 Å². The lowest BCUT2D eigenvalue weighted by Gasteiger charge is -2.15. The number of nitrogens with one attached hydrogen (secondary N) is 2. The third kappa shape index (κ3) is 6.69. The second-order valence-electron chi connectivity index (χ2n) is 7.93. The Hall–Kier alpha value is -3.64. The number of anilines is 2. The molecule has 0 aliphatic rings. The van der Waals surface area contributed by atoms with Gasteiger partial charge in [0.25, 0.3) is 20.0 Å². The maximum atomic E-state index is 13.1. The smallest absolute Gasteiger partial charge is 0.262 e. The highest BCUT2D eigenvalue weighted by molar-refractivity contribution is 7.93. The van der Waals surface area contributed by atoms with Crippen molar-refractivity contribution in [2.45, 2.75) is 9.79 Å². The highest BCUT2D eigenvalue weighted by Gasteiger charge is 2.20. The fourth-order valence-corrected chi connectivity index (χ4v) is 6.01. The molecule has 0 heterocycles. The van der Waals surface area contributed by atoms with E-state index in [0.29, 0.717) is 16.5 Å². The quantitative estimate of drug-likeness (QED) is 0.213. The molecule has 39 heavy (non-hydrogen) atoms. The molecule has 0 unspecified atom stereocenters. The number of ether oxygens (including phenoxy) is 3. The number of hydrogen-bond acceptors (Lipinski definition) is 7. The van der Waals surface area contributed by atoms with Crippen LogP contribution in [0.1, 0.15) is 0 Å². The summed E-state index contributed by atoms with van der Waals surface area (Å²) < 4.78 is 72.9. The Balaban J connectivity index is 1.52. The monoisotopic (exact) mass is 608 g/mol. The zero-order valence-electron chi connectivity index (χ0n) is 20.5. The molecule has 0 amide bonds. The highest BCUT2D eigenvalue weighted by atomic mass is 35.5. The van der Waals surface area contributed by atoms with Crippen molar-refractivity contribution in [3.05, 3.63) is 95.0 Å². The zero-order chi connectivity index (χ0) is 28.2. The van der Waals surface area contributed by atoms with Crippen LogP contribution in [0, 0.1) is 0 Å². The molecule has 4 aromatic rings. The van der Waals surface area contributed by atoms with Gasteiger partial charge in [-0.05, 0) is 66.7 Å². The number of para-hydroxylation sites is 2. The SMILES string of the molecule is COc1ccc(S(=O)(=O)Nc2ccc(S(=O)(=O)Nc3ccccc3Oc3ccc(Cl)cc3Cl)cc2)cc1OC. The lowest BCUT2D eigenvalue weighted by atomic mass is 10.3. The molecule has 0 spiro atoms. The largest absolute Gasteiger partial charge is 0.493 e. The summed E-state index contributed by atoms with van der Waals surface area (Å²) >= 11 is 12.1. The van der Waals surface area contributed by atoms with E-state index in [4.69, 9.17) is 37.4 Å². The second-order valence-corrected chi connectivity index (χ2v) is 12.1. The normalized spacial score (nSPS) is 11.5. The molecule has 0 saturated carbocycles. The van der Waals surface area contributed by atoms with E-state index in [1.54, 1.807) is 30.3 Å². The Bertz CT molecular complexity index is 1710. The molecule has 0 bridgehead atoms. The number of methoxy groups -OCH3 is 2. The van der Waals surface area contributed by atoms with Crippen LogP contribution in [-0.4, -0.2) is 31.1 Å². The minimum absolute atomic E-state index is 0.0593. The standard InChI is InChI=1S/C26H22Cl2N2O7S2/c1-35-25-14-12-20(16-26(25)36-2)39(33,34)29-18-8-10-19(11-9-18)38(31,32)30-22-5-3-4-6-24(22)37-23-13-7-17(27)15-21(23)28/h3-16,29-30H,1-2H3. The van der Waals surface area contributed by atoms with E-state index in [1.165, 1.54) is 68.8 Å². The summed E-state index contributed by atoms with van der Waals surface area (Å²) in [6.07, 6.45) is 0. The zero-order valence-corrected chi connectivity index (χ0v) is 23.7. The number of sulfonamides is 2. The molecule has 0 aromatic heterocycles. The number of rotatable bonds is 10. The number of halogens is 2. The first-order valence-corrected chi connectivity index (χ1v) is 14.8. The van der Waals surface area contributed by atoms with Gasteiger partial charge in [0, 0.05) is 16.8 Å². The number of benzene rings is 4. The predicted octanol–water partition coefficient (Wildman–Crippen LogP) is 6.40. The maximum Gasteiger partial charge on any atom is 0.262 e. The Morgan fingerprint density at radius 3 is 1.90 bits per heavy atom. The molecule has 0 aliphatic heterocycles. The molecule has 4 aromatic carbocycles. The molecule has 0 atom stereocenters. The van der Waals surface area contributed by atoms with Crippen LogP contribution < -0.4 is 23.7 Å². The van der Waals surface area contributed by atoms with Crippen LogP contribution in [0.25, 0.3) is 0 Å². The van der Waals surface area contributed by atoms with Gasteiger partial charge < -0.3 is 14.2 Å². The van der Waals surface area contributed by atoms with Crippen molar-refractivity contribution in [1.82, 2.24) is 0 Å². The minimum atomic E-state index is -4.07. The van der Waals surface area contributed by atoms with Crippen LogP contribution in [0.4, 0.5) is 11.4 Å². The summed E-state index contributed by atoms with van der Waals surface area (Å²) in [5.74, 6) is 1.13. The minimum Gasteiger partial charge on any atom is -0.493 e. The predicted molar refractivity (Wildman–Crippen MR) is 151 cm³/mol. The van der Waals surface area contributed by atoms with Crippen molar-refractivity contribution in [2.24, 2.45) is 0 Å². The van der Waals surface area contributed by atoms with Gasteiger partial charge in [0.15, 0.2) is 17.2 Å². The summed E-state index contributed by atoms with van der Waals surface area (Å²) in [5.41, 5.74) is 0.326. The van der Waals surface area contributed by atoms with E-state index in [2.05, 4.69) is 9.44 Å². The first kappa shape index (κ1) is 28.4. The third-order valence-electron chi connectivity index (χ3n) is 5.33. The topological polar surface area (TPSA) is 120 Å². The summed E-state index contributed by atoms with van der Waals surface area (Å²) in [5, 5.41) is 0.682. The Labute approximate surface area is 236 Å². The average molecular weight is 610 g/mol. The molecule has 0 fully saturated rings. The molecule has 13 heteroatoms. The van der Waals surface area contributed by atoms with E-state index in [1.807, 2.05) is 0 Å². The molecule has 2 N–H and O–H groups in total. The Kier molecular flexibility index (Phi) is 8.45. The molecular weight excluding hydrogens is 587 g/mol. The van der Waals surface area contributed by atoms with Crippen LogP contribution >= 0.6 is 23.2 Å². The second kappa shape index (κ2) is 11.6. The van der Waals surface area contributed by atoms with E-state index in [-0.39, 0.29) is 37.7 Å². The molecule has 204 valence electrons. The van der Waals surface area contributed by atoms with Crippen molar-refractivity contribution in [3.63, 3.8) is 0 Å². The fourth-order valence-electron chi connectivity index (χ4n) is 3.42. The summed E-state index contributed by atoms with van der Waals surface area (Å²) in [4.78, 5) is -0.160.